The third-order valence-electron chi connectivity index (χ3n) is 6.55. The van der Waals surface area contributed by atoms with Crippen LogP contribution in [-0.2, 0) is 6.54 Å². The lowest BCUT2D eigenvalue weighted by Gasteiger charge is -2.23. The first kappa shape index (κ1) is 23.3. The average Bonchev–Trinajstić information content (AvgIpc) is 3.71. The highest BCUT2D eigenvalue weighted by molar-refractivity contribution is 6.36. The number of amides is 1. The third-order valence-corrected chi connectivity index (χ3v) is 6.87. The van der Waals surface area contributed by atoms with Crippen LogP contribution in [0.3, 0.4) is 0 Å². The van der Waals surface area contributed by atoms with Crippen molar-refractivity contribution in [3.05, 3.63) is 111 Å². The highest BCUT2D eigenvalue weighted by Crippen LogP contribution is 2.29. The van der Waals surface area contributed by atoms with Crippen LogP contribution in [0.25, 0.3) is 16.5 Å². The van der Waals surface area contributed by atoms with Crippen LogP contribution in [0.4, 0.5) is 0 Å². The normalized spacial score (nSPS) is 14.1. The Morgan fingerprint density at radius 3 is 2.34 bits per heavy atom. The van der Waals surface area contributed by atoms with E-state index in [-0.39, 0.29) is 17.5 Å². The minimum atomic E-state index is -0.226. The van der Waals surface area contributed by atoms with Crippen molar-refractivity contribution >= 4 is 28.3 Å². The molecule has 0 aliphatic heterocycles. The molecule has 4 aromatic rings. The molecule has 1 fully saturated rings. The lowest BCUT2D eigenvalue weighted by Crippen LogP contribution is -2.34. The van der Waals surface area contributed by atoms with Gasteiger partial charge in [-0.3, -0.25) is 14.2 Å². The largest absolute Gasteiger partial charge is 0.345 e. The molecular formula is C29H28ClN3O2. The van der Waals surface area contributed by atoms with Crippen LogP contribution in [0, 0.1) is 0 Å². The Kier molecular flexibility index (Phi) is 6.71. The number of hydrogen-bond donors (Lipinski definition) is 2. The molecule has 1 aromatic heterocycles. The van der Waals surface area contributed by atoms with Gasteiger partial charge in [0.25, 0.3) is 11.5 Å². The molecular weight excluding hydrogens is 458 g/mol. The molecule has 5 nitrogen and oxygen atoms in total. The summed E-state index contributed by atoms with van der Waals surface area (Å²) in [5.41, 5.74) is 2.64. The zero-order valence-corrected chi connectivity index (χ0v) is 20.4. The molecule has 5 rings (SSSR count). The van der Waals surface area contributed by atoms with Gasteiger partial charge in [0.1, 0.15) is 0 Å². The minimum Gasteiger partial charge on any atom is -0.345 e. The molecule has 0 saturated heterocycles. The van der Waals surface area contributed by atoms with E-state index in [4.69, 9.17) is 11.6 Å². The maximum Gasteiger partial charge on any atom is 0.264 e. The smallest absolute Gasteiger partial charge is 0.264 e. The third kappa shape index (κ3) is 4.75. The highest BCUT2D eigenvalue weighted by Gasteiger charge is 2.27. The number of hydrogen-bond acceptors (Lipinski definition) is 3. The number of nitrogens with one attached hydrogen (secondary N) is 2. The Balaban J connectivity index is 1.72. The SMILES string of the molecule is CC[C@H](NC(=O)c1c(CNC2CC2)n(-c2ccccc2)c(=O)c2c(Cl)cccc12)c1ccccc1. The Morgan fingerprint density at radius 1 is 1.00 bits per heavy atom. The van der Waals surface area contributed by atoms with E-state index >= 15 is 0 Å². The number of carbonyl (C=O) groups is 1. The fourth-order valence-corrected chi connectivity index (χ4v) is 4.84. The number of pyridine rings is 1. The van der Waals surface area contributed by atoms with E-state index in [0.29, 0.717) is 45.3 Å². The molecule has 1 aliphatic rings. The highest BCUT2D eigenvalue weighted by atomic mass is 35.5. The quantitative estimate of drug-likeness (QED) is 0.332. The standard InChI is InChI=1S/C29H28ClN3O2/c1-2-24(19-10-5-3-6-11-19)32-28(34)27-22-14-9-15-23(30)26(22)29(35)33(21-12-7-4-8-13-21)25(27)18-31-20-16-17-20/h3-15,20,24,31H,2,16-18H2,1H3,(H,32,34)/t24-/m0/s1. The molecule has 178 valence electrons. The maximum absolute atomic E-state index is 14.0. The summed E-state index contributed by atoms with van der Waals surface area (Å²) < 4.78 is 1.64. The van der Waals surface area contributed by atoms with E-state index in [1.54, 1.807) is 16.7 Å². The molecule has 0 bridgehead atoms. The van der Waals surface area contributed by atoms with Crippen LogP contribution >= 0.6 is 11.6 Å². The van der Waals surface area contributed by atoms with Gasteiger partial charge in [-0.15, -0.1) is 0 Å². The monoisotopic (exact) mass is 485 g/mol. The van der Waals surface area contributed by atoms with Gasteiger partial charge in [-0.1, -0.05) is 79.2 Å². The summed E-state index contributed by atoms with van der Waals surface area (Å²) in [4.78, 5) is 27.8. The van der Waals surface area contributed by atoms with Crippen molar-refractivity contribution in [3.8, 4) is 5.69 Å². The van der Waals surface area contributed by atoms with Crippen molar-refractivity contribution in [3.63, 3.8) is 0 Å². The molecule has 1 heterocycles. The van der Waals surface area contributed by atoms with Crippen LogP contribution in [0.5, 0.6) is 0 Å². The molecule has 3 aromatic carbocycles. The van der Waals surface area contributed by atoms with Crippen molar-refractivity contribution in [2.45, 2.75) is 44.8 Å². The number of halogens is 1. The summed E-state index contributed by atoms with van der Waals surface area (Å²) in [5.74, 6) is -0.217. The van der Waals surface area contributed by atoms with Crippen molar-refractivity contribution in [2.24, 2.45) is 0 Å². The molecule has 0 radical (unpaired) electrons. The van der Waals surface area contributed by atoms with E-state index in [1.807, 2.05) is 73.7 Å². The summed E-state index contributed by atoms with van der Waals surface area (Å²) in [6, 6.07) is 24.9. The number of aromatic nitrogens is 1. The predicted molar refractivity (Wildman–Crippen MR) is 141 cm³/mol. The molecule has 0 spiro atoms. The molecule has 35 heavy (non-hydrogen) atoms. The Morgan fingerprint density at radius 2 is 1.69 bits per heavy atom. The van der Waals surface area contributed by atoms with Crippen LogP contribution in [0.2, 0.25) is 5.02 Å². The van der Waals surface area contributed by atoms with Gasteiger partial charge in [0, 0.05) is 23.7 Å². The summed E-state index contributed by atoms with van der Waals surface area (Å²) in [6.07, 6.45) is 2.94. The van der Waals surface area contributed by atoms with Crippen molar-refractivity contribution < 1.29 is 4.79 Å². The fraction of sp³-hybridized carbons (Fsp3) is 0.241. The van der Waals surface area contributed by atoms with Crippen molar-refractivity contribution in [2.75, 3.05) is 0 Å². The van der Waals surface area contributed by atoms with Crippen LogP contribution < -0.4 is 16.2 Å². The van der Waals surface area contributed by atoms with Crippen LogP contribution in [0.15, 0.2) is 83.7 Å². The number of para-hydroxylation sites is 1. The Labute approximate surface area is 209 Å². The molecule has 1 amide bonds. The molecule has 6 heteroatoms. The molecule has 2 N–H and O–H groups in total. The number of benzene rings is 3. The second-order valence-electron chi connectivity index (χ2n) is 8.96. The Hall–Kier alpha value is -3.41. The lowest BCUT2D eigenvalue weighted by atomic mass is 9.99. The summed E-state index contributed by atoms with van der Waals surface area (Å²) in [6.45, 7) is 2.45. The van der Waals surface area contributed by atoms with Crippen LogP contribution in [-0.4, -0.2) is 16.5 Å². The van der Waals surface area contributed by atoms with Gasteiger partial charge in [0.2, 0.25) is 0 Å². The second-order valence-corrected chi connectivity index (χ2v) is 9.37. The maximum atomic E-state index is 14.0. The van der Waals surface area contributed by atoms with Gasteiger partial charge in [0.15, 0.2) is 0 Å². The Bertz CT molecular complexity index is 1410. The molecule has 1 saturated carbocycles. The number of fused-ring (bicyclic) bond motifs is 1. The van der Waals surface area contributed by atoms with E-state index in [1.165, 1.54) is 0 Å². The topological polar surface area (TPSA) is 63.1 Å². The van der Waals surface area contributed by atoms with E-state index in [9.17, 15) is 9.59 Å². The predicted octanol–water partition coefficient (Wildman–Crippen LogP) is 5.78. The molecule has 0 unspecified atom stereocenters. The number of rotatable bonds is 8. The molecule has 1 aliphatic carbocycles. The zero-order chi connectivity index (χ0) is 24.4. The van der Waals surface area contributed by atoms with Gasteiger partial charge in [-0.25, -0.2) is 0 Å². The van der Waals surface area contributed by atoms with Crippen LogP contribution in [0.1, 0.15) is 53.8 Å². The lowest BCUT2D eigenvalue weighted by molar-refractivity contribution is 0.0935. The first-order valence-electron chi connectivity index (χ1n) is 12.1. The first-order chi connectivity index (χ1) is 17.1. The van der Waals surface area contributed by atoms with Crippen molar-refractivity contribution in [1.29, 1.82) is 0 Å². The second kappa shape index (κ2) is 10.1. The van der Waals surface area contributed by atoms with Gasteiger partial charge < -0.3 is 10.6 Å². The molecule has 1 atom stereocenters. The van der Waals surface area contributed by atoms with E-state index in [0.717, 1.165) is 24.8 Å². The van der Waals surface area contributed by atoms with E-state index < -0.39 is 0 Å². The fourth-order valence-electron chi connectivity index (χ4n) is 4.59. The van der Waals surface area contributed by atoms with Gasteiger partial charge in [-0.2, -0.15) is 0 Å². The van der Waals surface area contributed by atoms with Gasteiger partial charge >= 0.3 is 0 Å². The summed E-state index contributed by atoms with van der Waals surface area (Å²) >= 11 is 6.56. The number of carbonyl (C=O) groups excluding carboxylic acids is 1. The number of nitrogens with zero attached hydrogens (tertiary/aromatic N) is 1. The summed E-state index contributed by atoms with van der Waals surface area (Å²) in [7, 11) is 0. The average molecular weight is 486 g/mol. The van der Waals surface area contributed by atoms with Gasteiger partial charge in [-0.05, 0) is 43.0 Å². The summed E-state index contributed by atoms with van der Waals surface area (Å²) in [5, 5.41) is 8.00. The zero-order valence-electron chi connectivity index (χ0n) is 19.6. The van der Waals surface area contributed by atoms with E-state index in [2.05, 4.69) is 10.6 Å². The van der Waals surface area contributed by atoms with Crippen molar-refractivity contribution in [1.82, 2.24) is 15.2 Å². The minimum absolute atomic E-state index is 0.153. The first-order valence-corrected chi connectivity index (χ1v) is 12.5. The van der Waals surface area contributed by atoms with Gasteiger partial charge in [0.05, 0.1) is 27.7 Å².